The molecule has 2 aromatic carbocycles. The zero-order chi connectivity index (χ0) is 16.1. The van der Waals surface area contributed by atoms with Crippen LogP contribution in [0.15, 0.2) is 47.4 Å². The molecule has 0 aromatic heterocycles. The van der Waals surface area contributed by atoms with Crippen molar-refractivity contribution in [2.75, 3.05) is 5.32 Å². The molecule has 0 radical (unpaired) electrons. The first kappa shape index (κ1) is 15.9. The largest absolute Gasteiger partial charge is 0.507 e. The summed E-state index contributed by atoms with van der Waals surface area (Å²) in [5.74, 6) is -0.821. The first-order valence-corrected chi connectivity index (χ1v) is 7.09. The molecule has 0 spiro atoms. The molecule has 1 amide bonds. The summed E-state index contributed by atoms with van der Waals surface area (Å²) in [6, 6.07) is 10.9. The molecule has 0 aliphatic rings. The molecule has 0 fully saturated rings. The Balaban J connectivity index is 2.28. The summed E-state index contributed by atoms with van der Waals surface area (Å²) in [5.41, 5.74) is 0.433. The number of benzene rings is 2. The number of phenols is 1. The number of rotatable bonds is 4. The van der Waals surface area contributed by atoms with E-state index in [0.29, 0.717) is 10.6 Å². The molecule has 5 nitrogen and oxygen atoms in total. The fourth-order valence-corrected chi connectivity index (χ4v) is 1.96. The predicted molar refractivity (Wildman–Crippen MR) is 85.7 cm³/mol. The van der Waals surface area contributed by atoms with Crippen LogP contribution in [0.5, 0.6) is 11.5 Å². The normalized spacial score (nSPS) is 10.1. The third kappa shape index (κ3) is 3.79. The van der Waals surface area contributed by atoms with E-state index in [0.717, 1.165) is 0 Å². The van der Waals surface area contributed by atoms with Crippen molar-refractivity contribution in [2.24, 2.45) is 0 Å². The number of carbonyl (C=O) groups is 2. The van der Waals surface area contributed by atoms with Crippen LogP contribution in [0.1, 0.15) is 23.7 Å². The Morgan fingerprint density at radius 1 is 1.23 bits per heavy atom. The van der Waals surface area contributed by atoms with Gasteiger partial charge >= 0.3 is 5.97 Å². The molecular weight excluding hydrogens is 302 g/mol. The van der Waals surface area contributed by atoms with E-state index in [1.54, 1.807) is 37.3 Å². The van der Waals surface area contributed by atoms with Crippen molar-refractivity contribution >= 4 is 30.2 Å². The number of anilines is 1. The molecule has 6 heteroatoms. The summed E-state index contributed by atoms with van der Waals surface area (Å²) in [6.45, 7) is 1.68. The highest BCUT2D eigenvalue weighted by Gasteiger charge is 2.15. The average Bonchev–Trinajstić information content (AvgIpc) is 2.50. The van der Waals surface area contributed by atoms with Gasteiger partial charge in [0.05, 0.1) is 11.3 Å². The average molecular weight is 317 g/mol. The van der Waals surface area contributed by atoms with Gasteiger partial charge in [-0.3, -0.25) is 9.59 Å². The van der Waals surface area contributed by atoms with Crippen molar-refractivity contribution in [3.8, 4) is 11.5 Å². The lowest BCUT2D eigenvalue weighted by Gasteiger charge is -2.12. The van der Waals surface area contributed by atoms with Crippen LogP contribution in [-0.2, 0) is 4.79 Å². The molecule has 0 bridgehead atoms. The van der Waals surface area contributed by atoms with E-state index < -0.39 is 11.9 Å². The highest BCUT2D eigenvalue weighted by atomic mass is 32.1. The first-order valence-electron chi connectivity index (χ1n) is 6.64. The highest BCUT2D eigenvalue weighted by molar-refractivity contribution is 7.80. The molecule has 0 saturated heterocycles. The second kappa shape index (κ2) is 7.00. The van der Waals surface area contributed by atoms with E-state index >= 15 is 0 Å². The third-order valence-electron chi connectivity index (χ3n) is 2.87. The summed E-state index contributed by atoms with van der Waals surface area (Å²) in [5, 5.41) is 12.3. The van der Waals surface area contributed by atoms with Gasteiger partial charge in [0.25, 0.3) is 5.91 Å². The molecule has 2 N–H and O–H groups in total. The van der Waals surface area contributed by atoms with Crippen molar-refractivity contribution in [3.05, 3.63) is 48.0 Å². The van der Waals surface area contributed by atoms with Crippen LogP contribution < -0.4 is 10.1 Å². The smallest absolute Gasteiger partial charge is 0.310 e. The van der Waals surface area contributed by atoms with Gasteiger partial charge in [-0.15, -0.1) is 12.6 Å². The maximum absolute atomic E-state index is 12.2. The quantitative estimate of drug-likeness (QED) is 0.460. The minimum Gasteiger partial charge on any atom is -0.507 e. The Labute approximate surface area is 133 Å². The predicted octanol–water partition coefficient (Wildman–Crippen LogP) is 3.25. The molecule has 0 unspecified atom stereocenters. The summed E-state index contributed by atoms with van der Waals surface area (Å²) in [6.07, 6.45) is 0.218. The number of hydrogen-bond acceptors (Lipinski definition) is 5. The minimum atomic E-state index is -0.508. The van der Waals surface area contributed by atoms with E-state index in [1.807, 2.05) is 0 Å². The van der Waals surface area contributed by atoms with Gasteiger partial charge in [0.1, 0.15) is 5.75 Å². The van der Waals surface area contributed by atoms with E-state index in [-0.39, 0.29) is 23.5 Å². The number of amides is 1. The molecule has 0 aliphatic heterocycles. The van der Waals surface area contributed by atoms with Gasteiger partial charge in [0.15, 0.2) is 5.75 Å². The van der Waals surface area contributed by atoms with E-state index in [4.69, 9.17) is 4.74 Å². The van der Waals surface area contributed by atoms with Crippen molar-refractivity contribution in [1.29, 1.82) is 0 Å². The highest BCUT2D eigenvalue weighted by Crippen LogP contribution is 2.29. The number of ether oxygens (including phenoxy) is 1. The number of nitrogens with one attached hydrogen (secondary N) is 1. The SMILES string of the molecule is CCC(=O)Oc1ccc(S)cc1NC(=O)c1ccccc1O. The van der Waals surface area contributed by atoms with Gasteiger partial charge < -0.3 is 15.2 Å². The number of phenolic OH excluding ortho intramolecular Hbond substituents is 1. The first-order chi connectivity index (χ1) is 10.5. The van der Waals surface area contributed by atoms with Crippen LogP contribution >= 0.6 is 12.6 Å². The second-order valence-electron chi connectivity index (χ2n) is 4.48. The van der Waals surface area contributed by atoms with Crippen molar-refractivity contribution in [2.45, 2.75) is 18.2 Å². The second-order valence-corrected chi connectivity index (χ2v) is 5.00. The third-order valence-corrected chi connectivity index (χ3v) is 3.15. The van der Waals surface area contributed by atoms with Crippen LogP contribution in [0.2, 0.25) is 0 Å². The topological polar surface area (TPSA) is 75.6 Å². The van der Waals surface area contributed by atoms with E-state index in [9.17, 15) is 14.7 Å². The Kier molecular flexibility index (Phi) is 5.06. The number of aromatic hydroxyl groups is 1. The summed E-state index contributed by atoms with van der Waals surface area (Å²) in [4.78, 5) is 24.3. The van der Waals surface area contributed by atoms with Gasteiger partial charge in [0, 0.05) is 11.3 Å². The summed E-state index contributed by atoms with van der Waals surface area (Å²) in [7, 11) is 0. The zero-order valence-corrected chi connectivity index (χ0v) is 12.8. The molecule has 2 rings (SSSR count). The van der Waals surface area contributed by atoms with Crippen molar-refractivity contribution in [3.63, 3.8) is 0 Å². The fraction of sp³-hybridized carbons (Fsp3) is 0.125. The fourth-order valence-electron chi connectivity index (χ4n) is 1.75. The maximum atomic E-state index is 12.2. The number of carbonyl (C=O) groups excluding carboxylic acids is 2. The molecule has 2 aromatic rings. The number of hydrogen-bond donors (Lipinski definition) is 3. The molecule has 0 aliphatic carbocycles. The lowest BCUT2D eigenvalue weighted by Crippen LogP contribution is -2.14. The van der Waals surface area contributed by atoms with Gasteiger partial charge in [-0.05, 0) is 30.3 Å². The van der Waals surface area contributed by atoms with Crippen LogP contribution in [-0.4, -0.2) is 17.0 Å². The monoisotopic (exact) mass is 317 g/mol. The Hall–Kier alpha value is -2.47. The molecule has 0 saturated carbocycles. The van der Waals surface area contributed by atoms with Gasteiger partial charge in [-0.25, -0.2) is 0 Å². The van der Waals surface area contributed by atoms with Gasteiger partial charge in [-0.2, -0.15) is 0 Å². The number of esters is 1. The van der Waals surface area contributed by atoms with E-state index in [1.165, 1.54) is 12.1 Å². The maximum Gasteiger partial charge on any atom is 0.310 e. The molecule has 114 valence electrons. The van der Waals surface area contributed by atoms with Crippen LogP contribution in [0.4, 0.5) is 5.69 Å². The lowest BCUT2D eigenvalue weighted by atomic mass is 10.2. The van der Waals surface area contributed by atoms with Gasteiger partial charge in [-0.1, -0.05) is 19.1 Å². The Morgan fingerprint density at radius 2 is 1.95 bits per heavy atom. The molecule has 22 heavy (non-hydrogen) atoms. The Bertz CT molecular complexity index is 715. The lowest BCUT2D eigenvalue weighted by molar-refractivity contribution is -0.133. The number of para-hydroxylation sites is 1. The van der Waals surface area contributed by atoms with Crippen molar-refractivity contribution < 1.29 is 19.4 Å². The van der Waals surface area contributed by atoms with Crippen LogP contribution in [0.3, 0.4) is 0 Å². The molecular formula is C16H15NO4S. The molecule has 0 atom stereocenters. The Morgan fingerprint density at radius 3 is 2.64 bits per heavy atom. The van der Waals surface area contributed by atoms with Gasteiger partial charge in [0.2, 0.25) is 0 Å². The zero-order valence-electron chi connectivity index (χ0n) is 11.9. The van der Waals surface area contributed by atoms with Crippen LogP contribution in [0.25, 0.3) is 0 Å². The molecule has 0 heterocycles. The van der Waals surface area contributed by atoms with Crippen LogP contribution in [0, 0.1) is 0 Å². The summed E-state index contributed by atoms with van der Waals surface area (Å²) < 4.78 is 5.17. The summed E-state index contributed by atoms with van der Waals surface area (Å²) >= 11 is 4.20. The standard InChI is InChI=1S/C16H15NO4S/c1-2-15(19)21-14-8-7-10(22)9-12(14)17-16(20)11-5-3-4-6-13(11)18/h3-9,18,22H,2H2,1H3,(H,17,20). The minimum absolute atomic E-state index is 0.125. The van der Waals surface area contributed by atoms with E-state index in [2.05, 4.69) is 17.9 Å². The van der Waals surface area contributed by atoms with Crippen molar-refractivity contribution in [1.82, 2.24) is 0 Å². The number of thiol groups is 1.